The van der Waals surface area contributed by atoms with Crippen molar-refractivity contribution in [1.29, 1.82) is 0 Å². The molecule has 1 rings (SSSR count). The fourth-order valence-electron chi connectivity index (χ4n) is 1.29. The second-order valence-corrected chi connectivity index (χ2v) is 5.83. The van der Waals surface area contributed by atoms with E-state index in [1.54, 1.807) is 12.1 Å². The van der Waals surface area contributed by atoms with Crippen LogP contribution in [0.3, 0.4) is 0 Å². The maximum absolute atomic E-state index is 11.4. The van der Waals surface area contributed by atoms with E-state index in [2.05, 4.69) is 10.0 Å². The summed E-state index contributed by atoms with van der Waals surface area (Å²) in [4.78, 5) is 11.4. The third-order valence-corrected chi connectivity index (χ3v) is 3.71. The lowest BCUT2D eigenvalue weighted by molar-refractivity contribution is -0.121. The van der Waals surface area contributed by atoms with E-state index in [0.717, 1.165) is 0 Å². The lowest BCUT2D eigenvalue weighted by Gasteiger charge is -2.07. The molecule has 0 aliphatic carbocycles. The lowest BCUT2D eigenvalue weighted by Crippen LogP contribution is -2.33. The zero-order chi connectivity index (χ0) is 14.1. The van der Waals surface area contributed by atoms with E-state index < -0.39 is 10.0 Å². The van der Waals surface area contributed by atoms with Crippen LogP contribution in [0, 0.1) is 0 Å². The second-order valence-electron chi connectivity index (χ2n) is 3.78. The Hall–Kier alpha value is -1.60. The number of hydrogen-bond donors (Lipinski definition) is 2. The predicted octanol–water partition coefficient (Wildman–Crippen LogP) is 0.121. The van der Waals surface area contributed by atoms with Crippen molar-refractivity contribution in [1.82, 2.24) is 10.0 Å². The van der Waals surface area contributed by atoms with Crippen molar-refractivity contribution < 1.29 is 17.9 Å². The number of para-hydroxylation sites is 1. The van der Waals surface area contributed by atoms with Gasteiger partial charge in [-0.25, -0.2) is 13.1 Å². The largest absolute Gasteiger partial charge is 0.493 e. The van der Waals surface area contributed by atoms with E-state index in [9.17, 15) is 13.2 Å². The van der Waals surface area contributed by atoms with E-state index in [1.165, 1.54) is 7.05 Å². The molecule has 6 nitrogen and oxygen atoms in total. The summed E-state index contributed by atoms with van der Waals surface area (Å²) in [6.45, 7) is 0.349. The van der Waals surface area contributed by atoms with Crippen molar-refractivity contribution in [3.8, 4) is 5.75 Å². The highest BCUT2D eigenvalue weighted by Gasteiger charge is 2.07. The minimum Gasteiger partial charge on any atom is -0.493 e. The van der Waals surface area contributed by atoms with Gasteiger partial charge in [-0.05, 0) is 19.2 Å². The summed E-state index contributed by atoms with van der Waals surface area (Å²) in [6.07, 6.45) is 0.189. The minimum atomic E-state index is -3.27. The molecular weight excluding hydrogens is 268 g/mol. The molecule has 1 amide bonds. The van der Waals surface area contributed by atoms with E-state index in [-0.39, 0.29) is 31.2 Å². The van der Waals surface area contributed by atoms with Crippen molar-refractivity contribution in [2.24, 2.45) is 0 Å². The van der Waals surface area contributed by atoms with Gasteiger partial charge in [0, 0.05) is 6.54 Å². The first-order chi connectivity index (χ1) is 9.03. The van der Waals surface area contributed by atoms with Crippen LogP contribution in [0.2, 0.25) is 0 Å². The fourth-order valence-corrected chi connectivity index (χ4v) is 1.87. The SMILES string of the molecule is CNS(=O)(=O)CCNC(=O)CCOc1ccccc1. The summed E-state index contributed by atoms with van der Waals surface area (Å²) in [5.74, 6) is 0.338. The molecule has 19 heavy (non-hydrogen) atoms. The molecule has 0 aliphatic rings. The van der Waals surface area contributed by atoms with Crippen LogP contribution in [0.1, 0.15) is 6.42 Å². The van der Waals surface area contributed by atoms with Gasteiger partial charge in [0.25, 0.3) is 0 Å². The average Bonchev–Trinajstić information content (AvgIpc) is 2.40. The van der Waals surface area contributed by atoms with Crippen LogP contribution in [-0.4, -0.2) is 40.3 Å². The number of nitrogens with one attached hydrogen (secondary N) is 2. The molecule has 2 N–H and O–H groups in total. The lowest BCUT2D eigenvalue weighted by atomic mass is 10.3. The topological polar surface area (TPSA) is 84.5 Å². The molecule has 0 heterocycles. The number of sulfonamides is 1. The monoisotopic (exact) mass is 286 g/mol. The van der Waals surface area contributed by atoms with E-state index in [0.29, 0.717) is 5.75 Å². The zero-order valence-corrected chi connectivity index (χ0v) is 11.6. The number of benzene rings is 1. The molecule has 7 heteroatoms. The summed E-state index contributed by atoms with van der Waals surface area (Å²) in [7, 11) is -1.94. The van der Waals surface area contributed by atoms with Gasteiger partial charge in [0.05, 0.1) is 18.8 Å². The van der Waals surface area contributed by atoms with Gasteiger partial charge in [0.15, 0.2) is 0 Å². The first kappa shape index (κ1) is 15.5. The van der Waals surface area contributed by atoms with Crippen molar-refractivity contribution >= 4 is 15.9 Å². The number of hydrogen-bond acceptors (Lipinski definition) is 4. The normalized spacial score (nSPS) is 11.0. The van der Waals surface area contributed by atoms with Gasteiger partial charge in [-0.2, -0.15) is 0 Å². The van der Waals surface area contributed by atoms with Crippen LogP contribution < -0.4 is 14.8 Å². The third kappa shape index (κ3) is 6.78. The van der Waals surface area contributed by atoms with Crippen LogP contribution in [-0.2, 0) is 14.8 Å². The van der Waals surface area contributed by atoms with Crippen LogP contribution in [0.5, 0.6) is 5.75 Å². The van der Waals surface area contributed by atoms with Gasteiger partial charge in [0.1, 0.15) is 5.75 Å². The molecule has 0 spiro atoms. The molecule has 1 aromatic carbocycles. The number of ether oxygens (including phenoxy) is 1. The maximum Gasteiger partial charge on any atom is 0.223 e. The summed E-state index contributed by atoms with van der Waals surface area (Å²) >= 11 is 0. The molecule has 1 aromatic rings. The van der Waals surface area contributed by atoms with Gasteiger partial charge < -0.3 is 10.1 Å². The fraction of sp³-hybridized carbons (Fsp3) is 0.417. The van der Waals surface area contributed by atoms with Crippen molar-refractivity contribution in [2.75, 3.05) is 26.0 Å². The zero-order valence-electron chi connectivity index (χ0n) is 10.8. The van der Waals surface area contributed by atoms with Crippen molar-refractivity contribution in [2.45, 2.75) is 6.42 Å². The molecule has 0 aromatic heterocycles. The Morgan fingerprint density at radius 3 is 2.58 bits per heavy atom. The molecule has 0 fully saturated rings. The smallest absolute Gasteiger partial charge is 0.223 e. The molecule has 0 atom stereocenters. The Morgan fingerprint density at radius 2 is 1.95 bits per heavy atom. The number of amides is 1. The summed E-state index contributed by atoms with van der Waals surface area (Å²) in [5.41, 5.74) is 0. The number of carbonyl (C=O) groups is 1. The van der Waals surface area contributed by atoms with Gasteiger partial charge in [-0.15, -0.1) is 0 Å². The van der Waals surface area contributed by atoms with Crippen LogP contribution >= 0.6 is 0 Å². The first-order valence-electron chi connectivity index (χ1n) is 5.89. The van der Waals surface area contributed by atoms with Gasteiger partial charge in [0.2, 0.25) is 15.9 Å². The van der Waals surface area contributed by atoms with E-state index >= 15 is 0 Å². The highest BCUT2D eigenvalue weighted by atomic mass is 32.2. The Labute approximate surface area is 113 Å². The van der Waals surface area contributed by atoms with Gasteiger partial charge >= 0.3 is 0 Å². The Bertz CT molecular complexity index is 488. The van der Waals surface area contributed by atoms with Crippen LogP contribution in [0.25, 0.3) is 0 Å². The first-order valence-corrected chi connectivity index (χ1v) is 7.54. The van der Waals surface area contributed by atoms with Crippen LogP contribution in [0.15, 0.2) is 30.3 Å². The molecule has 0 saturated carbocycles. The molecule has 0 saturated heterocycles. The van der Waals surface area contributed by atoms with E-state index in [4.69, 9.17) is 4.74 Å². The quantitative estimate of drug-likeness (QED) is 0.711. The maximum atomic E-state index is 11.4. The minimum absolute atomic E-state index is 0.0906. The second kappa shape index (κ2) is 7.75. The number of rotatable bonds is 8. The Morgan fingerprint density at radius 1 is 1.26 bits per heavy atom. The average molecular weight is 286 g/mol. The summed E-state index contributed by atoms with van der Waals surface area (Å²) in [6, 6.07) is 9.17. The van der Waals surface area contributed by atoms with Gasteiger partial charge in [-0.3, -0.25) is 4.79 Å². The Kier molecular flexibility index (Phi) is 6.31. The summed E-state index contributed by atoms with van der Waals surface area (Å²) in [5, 5.41) is 2.52. The highest BCUT2D eigenvalue weighted by Crippen LogP contribution is 2.08. The highest BCUT2D eigenvalue weighted by molar-refractivity contribution is 7.89. The molecular formula is C12H18N2O4S. The third-order valence-electron chi connectivity index (χ3n) is 2.35. The van der Waals surface area contributed by atoms with E-state index in [1.807, 2.05) is 18.2 Å². The standard InChI is InChI=1S/C12H18N2O4S/c1-13-19(16,17)10-8-14-12(15)7-9-18-11-5-3-2-4-6-11/h2-6,13H,7-10H2,1H3,(H,14,15). The molecule has 106 valence electrons. The molecule has 0 bridgehead atoms. The molecule has 0 radical (unpaired) electrons. The Balaban J connectivity index is 2.15. The molecule has 0 aliphatic heterocycles. The van der Waals surface area contributed by atoms with Crippen LogP contribution in [0.4, 0.5) is 0 Å². The molecule has 0 unspecified atom stereocenters. The predicted molar refractivity (Wildman–Crippen MR) is 72.4 cm³/mol. The summed E-state index contributed by atoms with van der Waals surface area (Å²) < 4.78 is 29.7. The van der Waals surface area contributed by atoms with Crippen molar-refractivity contribution in [3.05, 3.63) is 30.3 Å². The van der Waals surface area contributed by atoms with Crippen molar-refractivity contribution in [3.63, 3.8) is 0 Å². The number of carbonyl (C=O) groups excluding carboxylic acids is 1. The van der Waals surface area contributed by atoms with Gasteiger partial charge in [-0.1, -0.05) is 18.2 Å².